The van der Waals surface area contributed by atoms with Crippen molar-refractivity contribution >= 4 is 17.9 Å². The number of rotatable bonds is 4. The molecule has 0 amide bonds. The average Bonchev–Trinajstić information content (AvgIpc) is 2.93. The first-order chi connectivity index (χ1) is 11.1. The van der Waals surface area contributed by atoms with E-state index in [1.807, 2.05) is 0 Å². The summed E-state index contributed by atoms with van der Waals surface area (Å²) in [4.78, 5) is 11.4. The Balaban J connectivity index is 1.98. The molecule has 1 aromatic heterocycles. The minimum atomic E-state index is -0.669. The van der Waals surface area contributed by atoms with Gasteiger partial charge in [-0.2, -0.15) is 5.10 Å². The van der Waals surface area contributed by atoms with E-state index < -0.39 is 11.6 Å². The molecule has 0 unspecified atom stereocenters. The molecule has 0 bridgehead atoms. The number of carbonyl (C=O) groups is 1. The molecule has 0 aliphatic rings. The molecule has 0 aliphatic heterocycles. The van der Waals surface area contributed by atoms with Gasteiger partial charge in [-0.25, -0.2) is 8.78 Å². The minimum Gasteiger partial charge on any atom is -0.298 e. The van der Waals surface area contributed by atoms with E-state index in [0.29, 0.717) is 28.3 Å². The molecule has 116 valence electrons. The van der Waals surface area contributed by atoms with Crippen LogP contribution in [0.4, 0.5) is 8.78 Å². The molecule has 6 heteroatoms. The molecule has 0 aliphatic carbocycles. The van der Waals surface area contributed by atoms with E-state index in [1.54, 1.807) is 24.3 Å². The number of aromatic amines is 1. The summed E-state index contributed by atoms with van der Waals surface area (Å²) in [5.41, 5.74) is 2.29. The highest BCUT2D eigenvalue weighted by atomic mass is 35.5. The molecule has 0 saturated heterocycles. The Morgan fingerprint density at radius 3 is 2.52 bits per heavy atom. The first kappa shape index (κ1) is 15.4. The van der Waals surface area contributed by atoms with Crippen LogP contribution in [0.5, 0.6) is 0 Å². The third-order valence-electron chi connectivity index (χ3n) is 3.51. The van der Waals surface area contributed by atoms with Crippen LogP contribution >= 0.6 is 11.6 Å². The van der Waals surface area contributed by atoms with Gasteiger partial charge in [0.1, 0.15) is 11.6 Å². The van der Waals surface area contributed by atoms with Crippen LogP contribution in [-0.4, -0.2) is 16.5 Å². The van der Waals surface area contributed by atoms with E-state index in [0.717, 1.165) is 11.6 Å². The largest absolute Gasteiger partial charge is 0.298 e. The number of halogens is 3. The molecule has 2 aromatic carbocycles. The Bertz CT molecular complexity index is 860. The van der Waals surface area contributed by atoms with Crippen LogP contribution in [0.15, 0.2) is 42.5 Å². The second-order valence-corrected chi connectivity index (χ2v) is 5.43. The van der Waals surface area contributed by atoms with E-state index in [2.05, 4.69) is 10.2 Å². The van der Waals surface area contributed by atoms with Crippen LogP contribution in [-0.2, 0) is 6.42 Å². The molecule has 0 spiro atoms. The van der Waals surface area contributed by atoms with Crippen molar-refractivity contribution in [1.29, 1.82) is 0 Å². The molecule has 3 aromatic rings. The average molecular weight is 333 g/mol. The second-order valence-electron chi connectivity index (χ2n) is 5.00. The SMILES string of the molecule is O=Cc1c(Cc2ccc(F)cc2F)n[nH]c1-c1ccc(Cl)cc1. The van der Waals surface area contributed by atoms with Crippen molar-refractivity contribution in [2.45, 2.75) is 6.42 Å². The minimum absolute atomic E-state index is 0.0876. The van der Waals surface area contributed by atoms with Gasteiger partial charge in [-0.3, -0.25) is 9.89 Å². The third-order valence-corrected chi connectivity index (χ3v) is 3.76. The number of hydrogen-bond acceptors (Lipinski definition) is 2. The number of carbonyl (C=O) groups excluding carboxylic acids is 1. The zero-order valence-electron chi connectivity index (χ0n) is 11.8. The molecule has 0 radical (unpaired) electrons. The predicted molar refractivity (Wildman–Crippen MR) is 83.6 cm³/mol. The molecule has 0 saturated carbocycles. The maximum atomic E-state index is 13.8. The van der Waals surface area contributed by atoms with Crippen molar-refractivity contribution in [3.63, 3.8) is 0 Å². The number of hydrogen-bond donors (Lipinski definition) is 1. The van der Waals surface area contributed by atoms with Crippen LogP contribution < -0.4 is 0 Å². The van der Waals surface area contributed by atoms with E-state index in [1.165, 1.54) is 12.1 Å². The third kappa shape index (κ3) is 3.14. The van der Waals surface area contributed by atoms with Gasteiger partial charge in [0.25, 0.3) is 0 Å². The molecule has 0 fully saturated rings. The Labute approximate surface area is 135 Å². The van der Waals surface area contributed by atoms with E-state index >= 15 is 0 Å². The fourth-order valence-corrected chi connectivity index (χ4v) is 2.46. The van der Waals surface area contributed by atoms with E-state index in [-0.39, 0.29) is 12.0 Å². The van der Waals surface area contributed by atoms with E-state index in [9.17, 15) is 13.6 Å². The summed E-state index contributed by atoms with van der Waals surface area (Å²) in [5.74, 6) is -1.32. The van der Waals surface area contributed by atoms with Gasteiger partial charge in [-0.15, -0.1) is 0 Å². The number of aromatic nitrogens is 2. The standard InChI is InChI=1S/C17H11ClF2N2O/c18-12-4-1-10(2-5-12)17-14(9-23)16(21-22-17)7-11-3-6-13(19)8-15(11)20/h1-6,8-9H,7H2,(H,21,22). The summed E-state index contributed by atoms with van der Waals surface area (Å²) in [7, 11) is 0. The van der Waals surface area contributed by atoms with E-state index in [4.69, 9.17) is 11.6 Å². The maximum Gasteiger partial charge on any atom is 0.154 e. The number of H-pyrrole nitrogens is 1. The van der Waals surface area contributed by atoms with Gasteiger partial charge in [-0.05, 0) is 23.8 Å². The Morgan fingerprint density at radius 1 is 1.13 bits per heavy atom. The molecule has 0 atom stereocenters. The lowest BCUT2D eigenvalue weighted by Gasteiger charge is -2.03. The first-order valence-corrected chi connectivity index (χ1v) is 7.18. The molecule has 3 rings (SSSR count). The number of nitrogens with one attached hydrogen (secondary N) is 1. The first-order valence-electron chi connectivity index (χ1n) is 6.81. The van der Waals surface area contributed by atoms with Crippen LogP contribution in [0, 0.1) is 11.6 Å². The quantitative estimate of drug-likeness (QED) is 0.719. The smallest absolute Gasteiger partial charge is 0.154 e. The topological polar surface area (TPSA) is 45.8 Å². The van der Waals surface area contributed by atoms with Crippen LogP contribution in [0.3, 0.4) is 0 Å². The van der Waals surface area contributed by atoms with Gasteiger partial charge in [0.15, 0.2) is 6.29 Å². The normalized spacial score (nSPS) is 10.7. The van der Waals surface area contributed by atoms with Gasteiger partial charge in [-0.1, -0.05) is 29.8 Å². The summed E-state index contributed by atoms with van der Waals surface area (Å²) in [5, 5.41) is 7.46. The lowest BCUT2D eigenvalue weighted by atomic mass is 10.0. The lowest BCUT2D eigenvalue weighted by molar-refractivity contribution is 0.112. The highest BCUT2D eigenvalue weighted by Gasteiger charge is 2.16. The fraction of sp³-hybridized carbons (Fsp3) is 0.0588. The Kier molecular flexibility index (Phi) is 4.21. The van der Waals surface area contributed by atoms with Gasteiger partial charge in [0, 0.05) is 23.1 Å². The van der Waals surface area contributed by atoms with Crippen molar-refractivity contribution in [2.75, 3.05) is 0 Å². The summed E-state index contributed by atoms with van der Waals surface area (Å²) in [6.07, 6.45) is 0.758. The van der Waals surface area contributed by atoms with Crippen molar-refractivity contribution < 1.29 is 13.6 Å². The summed E-state index contributed by atoms with van der Waals surface area (Å²) < 4.78 is 26.7. The van der Waals surface area contributed by atoms with Gasteiger partial charge >= 0.3 is 0 Å². The summed E-state index contributed by atoms with van der Waals surface area (Å²) in [6, 6.07) is 10.2. The number of aldehydes is 1. The van der Waals surface area contributed by atoms with Crippen LogP contribution in [0.2, 0.25) is 5.02 Å². The monoisotopic (exact) mass is 332 g/mol. The number of benzene rings is 2. The highest BCUT2D eigenvalue weighted by molar-refractivity contribution is 6.30. The van der Waals surface area contributed by atoms with Gasteiger partial charge in [0.2, 0.25) is 0 Å². The molecular weight excluding hydrogens is 322 g/mol. The van der Waals surface area contributed by atoms with Crippen LogP contribution in [0.1, 0.15) is 21.6 Å². The van der Waals surface area contributed by atoms with Gasteiger partial charge in [0.05, 0.1) is 17.0 Å². The number of nitrogens with zero attached hydrogens (tertiary/aromatic N) is 1. The molecular formula is C17H11ClF2N2O. The molecule has 23 heavy (non-hydrogen) atoms. The lowest BCUT2D eigenvalue weighted by Crippen LogP contribution is -1.97. The zero-order valence-corrected chi connectivity index (χ0v) is 12.6. The Morgan fingerprint density at radius 2 is 1.87 bits per heavy atom. The highest BCUT2D eigenvalue weighted by Crippen LogP contribution is 2.26. The molecule has 1 N–H and O–H groups in total. The fourth-order valence-electron chi connectivity index (χ4n) is 2.33. The molecule has 3 nitrogen and oxygen atoms in total. The van der Waals surface area contributed by atoms with Crippen molar-refractivity contribution in [2.24, 2.45) is 0 Å². The van der Waals surface area contributed by atoms with Crippen molar-refractivity contribution in [3.05, 3.63) is 75.9 Å². The van der Waals surface area contributed by atoms with Crippen molar-refractivity contribution in [3.8, 4) is 11.3 Å². The zero-order chi connectivity index (χ0) is 16.4. The summed E-state index contributed by atoms with van der Waals surface area (Å²) >= 11 is 5.85. The summed E-state index contributed by atoms with van der Waals surface area (Å²) in [6.45, 7) is 0. The molecule has 1 heterocycles. The van der Waals surface area contributed by atoms with Crippen LogP contribution in [0.25, 0.3) is 11.3 Å². The Hall–Kier alpha value is -2.53. The maximum absolute atomic E-state index is 13.8. The predicted octanol–water partition coefficient (Wildman–Crippen LogP) is 4.41. The second kappa shape index (κ2) is 6.30. The van der Waals surface area contributed by atoms with Gasteiger partial charge < -0.3 is 0 Å². The van der Waals surface area contributed by atoms with Crippen molar-refractivity contribution in [1.82, 2.24) is 10.2 Å².